The minimum absolute atomic E-state index is 0.0155. The van der Waals surface area contributed by atoms with Gasteiger partial charge in [0.2, 0.25) is 5.91 Å². The van der Waals surface area contributed by atoms with Crippen molar-refractivity contribution in [2.75, 3.05) is 39.7 Å². The second kappa shape index (κ2) is 15.3. The van der Waals surface area contributed by atoms with Crippen molar-refractivity contribution in [3.05, 3.63) is 59.3 Å². The number of ether oxygens (including phenoxy) is 2. The molecule has 3 aromatic rings. The summed E-state index contributed by atoms with van der Waals surface area (Å²) in [4.78, 5) is 38.1. The summed E-state index contributed by atoms with van der Waals surface area (Å²) in [7, 11) is 5.23. The summed E-state index contributed by atoms with van der Waals surface area (Å²) >= 11 is 0. The van der Waals surface area contributed by atoms with E-state index in [1.807, 2.05) is 54.4 Å². The average Bonchev–Trinajstić information content (AvgIpc) is 2.92. The van der Waals surface area contributed by atoms with Gasteiger partial charge in [-0.3, -0.25) is 14.7 Å². The van der Waals surface area contributed by atoms with Crippen molar-refractivity contribution in [2.45, 2.75) is 39.5 Å². The number of hydrogen-bond donors (Lipinski definition) is 3. The number of carboxylic acids is 2. The van der Waals surface area contributed by atoms with Crippen LogP contribution in [0.25, 0.3) is 10.9 Å². The Morgan fingerprint density at radius 3 is 2.21 bits per heavy atom. The predicted molar refractivity (Wildman–Crippen MR) is 150 cm³/mol. The van der Waals surface area contributed by atoms with Crippen molar-refractivity contribution in [3.63, 3.8) is 0 Å². The Hall–Kier alpha value is -4.18. The molecule has 0 spiro atoms. The van der Waals surface area contributed by atoms with Gasteiger partial charge in [0, 0.05) is 17.6 Å². The first-order valence-electron chi connectivity index (χ1n) is 12.7. The molecule has 0 aliphatic heterocycles. The van der Waals surface area contributed by atoms with Crippen molar-refractivity contribution >= 4 is 34.4 Å². The minimum atomic E-state index is -1.82. The number of aliphatic carboxylic acids is 2. The highest BCUT2D eigenvalue weighted by Crippen LogP contribution is 2.30. The van der Waals surface area contributed by atoms with Gasteiger partial charge in [-0.2, -0.15) is 0 Å². The number of fused-ring (bicyclic) bond motifs is 1. The van der Waals surface area contributed by atoms with E-state index in [0.717, 1.165) is 71.4 Å². The lowest BCUT2D eigenvalue weighted by atomic mass is 10.0. The molecule has 210 valence electrons. The van der Waals surface area contributed by atoms with E-state index < -0.39 is 11.9 Å². The lowest BCUT2D eigenvalue weighted by Crippen LogP contribution is -2.32. The third kappa shape index (κ3) is 8.96. The quantitative estimate of drug-likeness (QED) is 0.308. The van der Waals surface area contributed by atoms with Crippen LogP contribution in [-0.4, -0.2) is 72.3 Å². The number of benzene rings is 2. The molecular formula is C29H37N3O7. The Bertz CT molecular complexity index is 1280. The Kier molecular flexibility index (Phi) is 12.2. The first-order chi connectivity index (χ1) is 18.6. The molecule has 0 saturated carbocycles. The van der Waals surface area contributed by atoms with E-state index in [-0.39, 0.29) is 5.91 Å². The van der Waals surface area contributed by atoms with Gasteiger partial charge < -0.3 is 25.0 Å². The number of rotatable bonds is 11. The third-order valence-corrected chi connectivity index (χ3v) is 6.01. The standard InChI is InChI=1S/C27H35N3O3.C2H2O4/c1-6-10-22-20(7-2)27(21-11-8-9-12-23(21)28-22)29-26(31)18-30(3)16-15-19-13-14-24(32-4)25(17-19)33-5;3-1(4)2(5)6/h8-9,11-14,17H,6-7,10,15-16,18H2,1-5H3,(H,28,29,31);(H,3,4)(H,5,6). The van der Waals surface area contributed by atoms with Crippen LogP contribution in [0, 0.1) is 0 Å². The number of hydrogen-bond acceptors (Lipinski definition) is 7. The van der Waals surface area contributed by atoms with E-state index in [9.17, 15) is 4.79 Å². The average molecular weight is 540 g/mol. The molecule has 2 aromatic carbocycles. The molecule has 39 heavy (non-hydrogen) atoms. The van der Waals surface area contributed by atoms with E-state index in [1.165, 1.54) is 0 Å². The number of nitrogens with one attached hydrogen (secondary N) is 1. The SMILES string of the molecule is CCCc1nc2ccccc2c(NC(=O)CN(C)CCc2ccc(OC)c(OC)c2)c1CC.O=C(O)C(=O)O. The number of carbonyl (C=O) groups is 3. The van der Waals surface area contributed by atoms with Crippen LogP contribution in [0.15, 0.2) is 42.5 Å². The van der Waals surface area contributed by atoms with Gasteiger partial charge >= 0.3 is 11.9 Å². The van der Waals surface area contributed by atoms with E-state index >= 15 is 0 Å². The van der Waals surface area contributed by atoms with Crippen LogP contribution < -0.4 is 14.8 Å². The molecule has 1 heterocycles. The van der Waals surface area contributed by atoms with E-state index in [0.29, 0.717) is 12.3 Å². The zero-order chi connectivity index (χ0) is 28.9. The maximum Gasteiger partial charge on any atom is 0.414 e. The second-order valence-electron chi connectivity index (χ2n) is 8.87. The molecule has 1 amide bonds. The Morgan fingerprint density at radius 1 is 0.949 bits per heavy atom. The number of likely N-dealkylation sites (N-methyl/N-ethyl adjacent to an activating group) is 1. The number of methoxy groups -OCH3 is 2. The van der Waals surface area contributed by atoms with Crippen molar-refractivity contribution in [1.82, 2.24) is 9.88 Å². The smallest absolute Gasteiger partial charge is 0.414 e. The molecule has 0 aliphatic rings. The monoisotopic (exact) mass is 539 g/mol. The van der Waals surface area contributed by atoms with Gasteiger partial charge in [0.05, 0.1) is 32.0 Å². The highest BCUT2D eigenvalue weighted by atomic mass is 16.5. The highest BCUT2D eigenvalue weighted by Gasteiger charge is 2.16. The Labute approximate surface area is 228 Å². The number of para-hydroxylation sites is 1. The summed E-state index contributed by atoms with van der Waals surface area (Å²) < 4.78 is 10.7. The molecule has 0 aliphatic carbocycles. The first-order valence-corrected chi connectivity index (χ1v) is 12.7. The Balaban J connectivity index is 0.000000798. The number of carbonyl (C=O) groups excluding carboxylic acids is 1. The number of nitrogens with zero attached hydrogens (tertiary/aromatic N) is 2. The van der Waals surface area contributed by atoms with Gasteiger partial charge in [-0.15, -0.1) is 0 Å². The predicted octanol–water partition coefficient (Wildman–Crippen LogP) is 4.04. The fourth-order valence-corrected chi connectivity index (χ4v) is 4.13. The maximum atomic E-state index is 13.0. The van der Waals surface area contributed by atoms with Crippen LogP contribution in [-0.2, 0) is 33.6 Å². The van der Waals surface area contributed by atoms with Crippen LogP contribution in [0.3, 0.4) is 0 Å². The van der Waals surface area contributed by atoms with Gasteiger partial charge in [-0.25, -0.2) is 9.59 Å². The number of aryl methyl sites for hydroxylation is 1. The number of carboxylic acid groups (broad SMARTS) is 2. The normalized spacial score (nSPS) is 10.5. The molecule has 0 fully saturated rings. The molecule has 0 saturated heterocycles. The van der Waals surface area contributed by atoms with E-state index in [2.05, 4.69) is 19.2 Å². The molecule has 0 bridgehead atoms. The number of pyridine rings is 1. The fraction of sp³-hybridized carbons (Fsp3) is 0.379. The molecule has 0 atom stereocenters. The molecule has 10 heteroatoms. The third-order valence-electron chi connectivity index (χ3n) is 6.01. The number of aromatic nitrogens is 1. The minimum Gasteiger partial charge on any atom is -0.493 e. The molecule has 3 N–H and O–H groups in total. The summed E-state index contributed by atoms with van der Waals surface area (Å²) in [6, 6.07) is 14.0. The van der Waals surface area contributed by atoms with Crippen molar-refractivity contribution < 1.29 is 34.1 Å². The second-order valence-corrected chi connectivity index (χ2v) is 8.87. The fourth-order valence-electron chi connectivity index (χ4n) is 4.13. The molecular weight excluding hydrogens is 502 g/mol. The van der Waals surface area contributed by atoms with Gasteiger partial charge in [-0.05, 0) is 55.6 Å². The maximum absolute atomic E-state index is 13.0. The van der Waals surface area contributed by atoms with Gasteiger partial charge in [0.15, 0.2) is 11.5 Å². The molecule has 10 nitrogen and oxygen atoms in total. The van der Waals surface area contributed by atoms with Crippen molar-refractivity contribution in [1.29, 1.82) is 0 Å². The largest absolute Gasteiger partial charge is 0.493 e. The van der Waals surface area contributed by atoms with Gasteiger partial charge in [0.25, 0.3) is 0 Å². The molecule has 0 unspecified atom stereocenters. The highest BCUT2D eigenvalue weighted by molar-refractivity contribution is 6.27. The van der Waals surface area contributed by atoms with Crippen LogP contribution >= 0.6 is 0 Å². The topological polar surface area (TPSA) is 138 Å². The molecule has 0 radical (unpaired) electrons. The van der Waals surface area contributed by atoms with Crippen LogP contribution in [0.2, 0.25) is 0 Å². The van der Waals surface area contributed by atoms with Crippen LogP contribution in [0.1, 0.15) is 37.1 Å². The zero-order valence-corrected chi connectivity index (χ0v) is 23.1. The van der Waals surface area contributed by atoms with Crippen LogP contribution in [0.5, 0.6) is 11.5 Å². The summed E-state index contributed by atoms with van der Waals surface area (Å²) in [5, 5.41) is 19.0. The van der Waals surface area contributed by atoms with Gasteiger partial charge in [0.1, 0.15) is 0 Å². The molecule has 3 rings (SSSR count). The van der Waals surface area contributed by atoms with E-state index in [4.69, 9.17) is 34.3 Å². The zero-order valence-electron chi connectivity index (χ0n) is 23.1. The summed E-state index contributed by atoms with van der Waals surface area (Å²) in [6.07, 6.45) is 3.56. The Morgan fingerprint density at radius 2 is 1.62 bits per heavy atom. The molecule has 1 aromatic heterocycles. The number of amides is 1. The lowest BCUT2D eigenvalue weighted by molar-refractivity contribution is -0.159. The number of anilines is 1. The summed E-state index contributed by atoms with van der Waals surface area (Å²) in [5.41, 5.74) is 5.19. The van der Waals surface area contributed by atoms with E-state index in [1.54, 1.807) is 14.2 Å². The summed E-state index contributed by atoms with van der Waals surface area (Å²) in [5.74, 6) is -2.23. The lowest BCUT2D eigenvalue weighted by Gasteiger charge is -2.20. The first kappa shape index (κ1) is 31.0. The van der Waals surface area contributed by atoms with Gasteiger partial charge in [-0.1, -0.05) is 44.5 Å². The van der Waals surface area contributed by atoms with Crippen molar-refractivity contribution in [3.8, 4) is 11.5 Å². The van der Waals surface area contributed by atoms with Crippen LogP contribution in [0.4, 0.5) is 5.69 Å². The summed E-state index contributed by atoms with van der Waals surface area (Å²) in [6.45, 7) is 5.34. The van der Waals surface area contributed by atoms with Crippen molar-refractivity contribution in [2.24, 2.45) is 0 Å².